The molecule has 200 valence electrons. The molecule has 0 radical (unpaired) electrons. The number of esters is 1. The summed E-state index contributed by atoms with van der Waals surface area (Å²) in [7, 11) is 0. The van der Waals surface area contributed by atoms with Crippen LogP contribution >= 0.6 is 12.6 Å². The lowest BCUT2D eigenvalue weighted by atomic mass is 10.1. The van der Waals surface area contributed by atoms with E-state index < -0.39 is 34.8 Å². The molecule has 2 unspecified atom stereocenters. The van der Waals surface area contributed by atoms with Crippen LogP contribution in [0.2, 0.25) is 0 Å². The van der Waals surface area contributed by atoms with Crippen LogP contribution in [0.3, 0.4) is 0 Å². The normalized spacial score (nSPS) is 16.3. The third kappa shape index (κ3) is 7.80. The third-order valence-electron chi connectivity index (χ3n) is 5.47. The van der Waals surface area contributed by atoms with Crippen molar-refractivity contribution in [1.29, 1.82) is 0 Å². The first-order valence-electron chi connectivity index (χ1n) is 11.5. The lowest BCUT2D eigenvalue weighted by molar-refractivity contribution is -0.384. The Labute approximate surface area is 223 Å². The molecule has 13 heteroatoms. The highest BCUT2D eigenvalue weighted by Gasteiger charge is 2.39. The van der Waals surface area contributed by atoms with E-state index in [1.165, 1.54) is 47.4 Å². The van der Waals surface area contributed by atoms with Gasteiger partial charge in [0.05, 0.1) is 4.92 Å². The smallest absolute Gasteiger partial charge is 0.410 e. The van der Waals surface area contributed by atoms with Gasteiger partial charge in [0.15, 0.2) is 0 Å². The number of nitro benzene ring substituents is 1. The highest BCUT2D eigenvalue weighted by molar-refractivity contribution is 7.81. The molecule has 2 N–H and O–H groups in total. The molecule has 2 aromatic rings. The monoisotopic (exact) mass is 542 g/mol. The Kier molecular flexibility index (Phi) is 9.82. The number of nitrogens with one attached hydrogen (secondary N) is 2. The van der Waals surface area contributed by atoms with E-state index in [4.69, 9.17) is 9.47 Å². The van der Waals surface area contributed by atoms with Gasteiger partial charge in [0, 0.05) is 35.2 Å². The van der Waals surface area contributed by atoms with Gasteiger partial charge in [0.25, 0.3) is 11.6 Å². The number of nitro groups is 1. The minimum absolute atomic E-state index is 0.0339. The molecule has 38 heavy (non-hydrogen) atoms. The van der Waals surface area contributed by atoms with E-state index in [1.807, 2.05) is 0 Å². The molecule has 1 heterocycles. The Morgan fingerprint density at radius 3 is 2.58 bits per heavy atom. The Hall–Kier alpha value is -4.39. The zero-order chi connectivity index (χ0) is 27.7. The van der Waals surface area contributed by atoms with Crippen molar-refractivity contribution < 1.29 is 33.6 Å². The van der Waals surface area contributed by atoms with E-state index in [2.05, 4.69) is 29.8 Å². The fourth-order valence-electron chi connectivity index (χ4n) is 3.63. The second kappa shape index (κ2) is 13.2. The van der Waals surface area contributed by atoms with E-state index in [1.54, 1.807) is 12.1 Å². The lowest BCUT2D eigenvalue weighted by Crippen LogP contribution is -2.43. The number of rotatable bonds is 10. The molecule has 2 aromatic carbocycles. The summed E-state index contributed by atoms with van der Waals surface area (Å²) in [5.74, 6) is -1.64. The number of hydrogen-bond acceptors (Lipinski definition) is 9. The van der Waals surface area contributed by atoms with E-state index in [0.29, 0.717) is 11.3 Å². The molecule has 1 aliphatic rings. The average molecular weight is 543 g/mol. The van der Waals surface area contributed by atoms with Crippen LogP contribution in [0.1, 0.15) is 22.3 Å². The van der Waals surface area contributed by atoms with Gasteiger partial charge in [-0.25, -0.2) is 4.79 Å². The molecule has 0 saturated carbocycles. The second-order valence-corrected chi connectivity index (χ2v) is 8.99. The van der Waals surface area contributed by atoms with Crippen molar-refractivity contribution in [3.63, 3.8) is 0 Å². The molecule has 0 aromatic heterocycles. The number of non-ortho nitro benzene ring substituents is 1. The van der Waals surface area contributed by atoms with Crippen molar-refractivity contribution in [3.05, 3.63) is 82.4 Å². The number of ether oxygens (including phenoxy) is 2. The molecule has 3 rings (SSSR count). The van der Waals surface area contributed by atoms with Crippen molar-refractivity contribution in [2.75, 3.05) is 25.0 Å². The van der Waals surface area contributed by atoms with Gasteiger partial charge in [-0.05, 0) is 42.3 Å². The molecule has 1 aliphatic heterocycles. The topological polar surface area (TPSA) is 157 Å². The number of carbonyl (C=O) groups is 4. The number of carbonyl (C=O) groups excluding carboxylic acids is 4. The molecule has 0 spiro atoms. The summed E-state index contributed by atoms with van der Waals surface area (Å²) in [5, 5.41) is 15.7. The molecule has 1 saturated heterocycles. The minimum atomic E-state index is -0.862. The minimum Gasteiger partial charge on any atom is -0.460 e. The lowest BCUT2D eigenvalue weighted by Gasteiger charge is -2.23. The summed E-state index contributed by atoms with van der Waals surface area (Å²) in [6.07, 6.45) is 0.970. The van der Waals surface area contributed by atoms with E-state index in [9.17, 15) is 29.3 Å². The Morgan fingerprint density at radius 1 is 1.16 bits per heavy atom. The van der Waals surface area contributed by atoms with Crippen LogP contribution in [0.15, 0.2) is 61.2 Å². The van der Waals surface area contributed by atoms with E-state index >= 15 is 0 Å². The molecule has 3 amide bonds. The van der Waals surface area contributed by atoms with Gasteiger partial charge in [0.1, 0.15) is 25.8 Å². The third-order valence-corrected chi connectivity index (χ3v) is 5.85. The van der Waals surface area contributed by atoms with Crippen molar-refractivity contribution in [3.8, 4) is 0 Å². The van der Waals surface area contributed by atoms with Crippen molar-refractivity contribution in [2.45, 2.75) is 24.3 Å². The van der Waals surface area contributed by atoms with Crippen molar-refractivity contribution in [2.24, 2.45) is 0 Å². The Balaban J connectivity index is 1.58. The maximum Gasteiger partial charge on any atom is 0.410 e. The van der Waals surface area contributed by atoms with Gasteiger partial charge in [-0.2, -0.15) is 12.6 Å². The molecule has 12 nitrogen and oxygen atoms in total. The summed E-state index contributed by atoms with van der Waals surface area (Å²) in [6, 6.07) is 10.8. The van der Waals surface area contributed by atoms with Crippen molar-refractivity contribution in [1.82, 2.24) is 10.2 Å². The standard InChI is InChI=1S/C25H26N4O8S/c1-2-10-36-22(30)13-26-23(31)17-4-3-5-18(11-17)27-24(32)21-12-20(38)14-28(21)25(33)37-15-16-6-8-19(9-7-16)29(34)35/h2-9,11,20-21,38H,1,10,12-15H2,(H,26,31)(H,27,32). The number of likely N-dealkylation sites (tertiary alicyclic amines) is 1. The summed E-state index contributed by atoms with van der Waals surface area (Å²) < 4.78 is 10.1. The van der Waals surface area contributed by atoms with Crippen LogP contribution in [0, 0.1) is 10.1 Å². The fourth-order valence-corrected chi connectivity index (χ4v) is 4.00. The predicted molar refractivity (Wildman–Crippen MR) is 140 cm³/mol. The first-order valence-corrected chi connectivity index (χ1v) is 12.0. The fraction of sp³-hybridized carbons (Fsp3) is 0.280. The van der Waals surface area contributed by atoms with Crippen LogP contribution < -0.4 is 10.6 Å². The molecule has 1 fully saturated rings. The molecule has 2 atom stereocenters. The van der Waals surface area contributed by atoms with Gasteiger partial charge in [0.2, 0.25) is 5.91 Å². The van der Waals surface area contributed by atoms with Crippen LogP contribution in [0.5, 0.6) is 0 Å². The Morgan fingerprint density at radius 2 is 1.89 bits per heavy atom. The second-order valence-electron chi connectivity index (χ2n) is 8.26. The van der Waals surface area contributed by atoms with E-state index in [0.717, 1.165) is 0 Å². The molecular formula is C25H26N4O8S. The van der Waals surface area contributed by atoms with Gasteiger partial charge in [-0.15, -0.1) is 0 Å². The van der Waals surface area contributed by atoms with Gasteiger partial charge < -0.3 is 20.1 Å². The number of thiol groups is 1. The first-order chi connectivity index (χ1) is 18.2. The highest BCUT2D eigenvalue weighted by Crippen LogP contribution is 2.25. The maximum atomic E-state index is 13.0. The summed E-state index contributed by atoms with van der Waals surface area (Å²) in [6.45, 7) is 3.20. The van der Waals surface area contributed by atoms with Crippen molar-refractivity contribution >= 4 is 47.9 Å². The molecule has 0 bridgehead atoms. The van der Waals surface area contributed by atoms with E-state index in [-0.39, 0.29) is 49.2 Å². The largest absolute Gasteiger partial charge is 0.460 e. The zero-order valence-electron chi connectivity index (χ0n) is 20.2. The number of hydrogen-bond donors (Lipinski definition) is 3. The van der Waals surface area contributed by atoms with Gasteiger partial charge >= 0.3 is 12.1 Å². The quantitative estimate of drug-likeness (QED) is 0.136. The highest BCUT2D eigenvalue weighted by atomic mass is 32.1. The average Bonchev–Trinajstić information content (AvgIpc) is 3.31. The van der Waals surface area contributed by atoms with Crippen LogP contribution in [-0.4, -0.2) is 64.7 Å². The number of benzene rings is 2. The summed E-state index contributed by atoms with van der Waals surface area (Å²) >= 11 is 4.41. The van der Waals surface area contributed by atoms with Gasteiger partial charge in [-0.1, -0.05) is 18.7 Å². The van der Waals surface area contributed by atoms with Gasteiger partial charge in [-0.3, -0.25) is 29.4 Å². The van der Waals surface area contributed by atoms with Crippen LogP contribution in [-0.2, 0) is 25.7 Å². The maximum absolute atomic E-state index is 13.0. The van der Waals surface area contributed by atoms with Crippen LogP contribution in [0.25, 0.3) is 0 Å². The SMILES string of the molecule is C=CCOC(=O)CNC(=O)c1cccc(NC(=O)C2CC(S)CN2C(=O)OCc2ccc([N+](=O)[O-])cc2)c1. The van der Waals surface area contributed by atoms with Crippen LogP contribution in [0.4, 0.5) is 16.2 Å². The summed E-state index contributed by atoms with van der Waals surface area (Å²) in [4.78, 5) is 61.2. The number of anilines is 1. The zero-order valence-corrected chi connectivity index (χ0v) is 21.1. The Bertz CT molecular complexity index is 1220. The number of nitrogens with zero attached hydrogens (tertiary/aromatic N) is 2. The molecular weight excluding hydrogens is 516 g/mol. The first kappa shape index (κ1) is 28.2. The molecule has 0 aliphatic carbocycles. The predicted octanol–water partition coefficient (Wildman–Crippen LogP) is 2.70. The number of amides is 3. The summed E-state index contributed by atoms with van der Waals surface area (Å²) in [5.41, 5.74) is 0.994.